The van der Waals surface area contributed by atoms with Gasteiger partial charge in [0.1, 0.15) is 11.4 Å². The van der Waals surface area contributed by atoms with Gasteiger partial charge in [-0.05, 0) is 13.0 Å². The van der Waals surface area contributed by atoms with Crippen molar-refractivity contribution in [2.24, 2.45) is 0 Å². The summed E-state index contributed by atoms with van der Waals surface area (Å²) in [4.78, 5) is 10.9. The summed E-state index contributed by atoms with van der Waals surface area (Å²) >= 11 is 0. The summed E-state index contributed by atoms with van der Waals surface area (Å²) in [6.07, 6.45) is -3.74. The van der Waals surface area contributed by atoms with Crippen molar-refractivity contribution in [1.29, 1.82) is 0 Å². The number of hydrogen-bond donors (Lipinski definition) is 3. The number of fused-ring (bicyclic) bond motifs is 1. The first kappa shape index (κ1) is 15.1. The maximum atomic E-state index is 12.9. The predicted molar refractivity (Wildman–Crippen MR) is 82.9 cm³/mol. The van der Waals surface area contributed by atoms with Gasteiger partial charge in [-0.15, -0.1) is 0 Å². The fraction of sp³-hybridized carbons (Fsp3) is 0.200. The largest absolute Gasteiger partial charge is 0.421 e. The minimum Gasteiger partial charge on any atom is -0.372 e. The number of nitrogens with zero attached hydrogens (tertiary/aromatic N) is 2. The van der Waals surface area contributed by atoms with Crippen LogP contribution in [-0.4, -0.2) is 22.0 Å². The summed E-state index contributed by atoms with van der Waals surface area (Å²) in [5, 5.41) is 6.36. The van der Waals surface area contributed by atoms with Crippen molar-refractivity contribution in [2.75, 3.05) is 17.7 Å². The molecular formula is C15H14F3N5. The third-order valence-corrected chi connectivity index (χ3v) is 3.46. The van der Waals surface area contributed by atoms with Crippen LogP contribution in [0.4, 0.5) is 30.6 Å². The topological polar surface area (TPSA) is 65.6 Å². The lowest BCUT2D eigenvalue weighted by atomic mass is 10.2. The minimum absolute atomic E-state index is 0.0928. The van der Waals surface area contributed by atoms with Gasteiger partial charge in [-0.25, -0.2) is 4.98 Å². The van der Waals surface area contributed by atoms with Crippen LogP contribution in [-0.2, 0) is 6.18 Å². The molecule has 3 N–H and O–H groups in total. The number of H-pyrrole nitrogens is 1. The molecule has 3 aromatic rings. The van der Waals surface area contributed by atoms with Gasteiger partial charge in [-0.1, -0.05) is 18.2 Å². The van der Waals surface area contributed by atoms with Crippen molar-refractivity contribution >= 4 is 28.4 Å². The Morgan fingerprint density at radius 3 is 2.61 bits per heavy atom. The average Bonchev–Trinajstić information content (AvgIpc) is 2.82. The van der Waals surface area contributed by atoms with Crippen molar-refractivity contribution in [3.8, 4) is 0 Å². The molecular weight excluding hydrogens is 307 g/mol. The third kappa shape index (κ3) is 2.79. The predicted octanol–water partition coefficient (Wildman–Crippen LogP) is 4.07. The van der Waals surface area contributed by atoms with E-state index in [1.807, 2.05) is 31.2 Å². The van der Waals surface area contributed by atoms with Crippen molar-refractivity contribution in [3.63, 3.8) is 0 Å². The standard InChI is InChI=1S/C15H14F3N5/c1-8-12(9-5-3-4-6-11(9)21-8)22-14-20-7-10(15(16,17)18)13(19-2)23-14/h3-7,21H,1-2H3,(H2,19,20,22,23). The molecule has 120 valence electrons. The smallest absolute Gasteiger partial charge is 0.372 e. The maximum absolute atomic E-state index is 12.9. The van der Waals surface area contributed by atoms with E-state index in [0.717, 1.165) is 28.5 Å². The molecule has 0 radical (unpaired) electrons. The number of hydrogen-bond acceptors (Lipinski definition) is 4. The van der Waals surface area contributed by atoms with Gasteiger partial charge in [0.05, 0.1) is 5.69 Å². The monoisotopic (exact) mass is 321 g/mol. The van der Waals surface area contributed by atoms with Crippen molar-refractivity contribution < 1.29 is 13.2 Å². The molecule has 0 bridgehead atoms. The highest BCUT2D eigenvalue weighted by molar-refractivity contribution is 5.95. The Bertz CT molecular complexity index is 854. The number of aromatic nitrogens is 3. The Morgan fingerprint density at radius 2 is 1.91 bits per heavy atom. The van der Waals surface area contributed by atoms with Crippen LogP contribution in [0.5, 0.6) is 0 Å². The van der Waals surface area contributed by atoms with Crippen LogP contribution in [0.15, 0.2) is 30.5 Å². The number of alkyl halides is 3. The molecule has 0 saturated carbocycles. The van der Waals surface area contributed by atoms with Crippen LogP contribution in [0.1, 0.15) is 11.3 Å². The molecule has 2 aromatic heterocycles. The Hall–Kier alpha value is -2.77. The molecule has 0 aliphatic heterocycles. The van der Waals surface area contributed by atoms with Crippen LogP contribution in [0.25, 0.3) is 10.9 Å². The molecule has 0 unspecified atom stereocenters. The summed E-state index contributed by atoms with van der Waals surface area (Å²) in [5.41, 5.74) is 1.61. The number of benzene rings is 1. The highest BCUT2D eigenvalue weighted by Crippen LogP contribution is 2.34. The molecule has 0 fully saturated rings. The zero-order valence-corrected chi connectivity index (χ0v) is 12.4. The Labute approximate surface area is 130 Å². The molecule has 0 saturated heterocycles. The van der Waals surface area contributed by atoms with Crippen LogP contribution in [0.2, 0.25) is 0 Å². The van der Waals surface area contributed by atoms with Crippen LogP contribution < -0.4 is 10.6 Å². The zero-order valence-electron chi connectivity index (χ0n) is 12.4. The number of anilines is 3. The molecule has 0 aliphatic rings. The van der Waals surface area contributed by atoms with Gasteiger partial charge in [0, 0.05) is 29.8 Å². The maximum Gasteiger partial charge on any atom is 0.421 e. The molecule has 1 aromatic carbocycles. The van der Waals surface area contributed by atoms with Crippen LogP contribution in [0.3, 0.4) is 0 Å². The highest BCUT2D eigenvalue weighted by Gasteiger charge is 2.35. The average molecular weight is 321 g/mol. The van der Waals surface area contributed by atoms with E-state index in [1.165, 1.54) is 7.05 Å². The van der Waals surface area contributed by atoms with E-state index in [-0.39, 0.29) is 11.8 Å². The molecule has 0 amide bonds. The van der Waals surface area contributed by atoms with Gasteiger partial charge in [0.15, 0.2) is 0 Å². The Kier molecular flexibility index (Phi) is 3.59. The minimum atomic E-state index is -4.51. The van der Waals surface area contributed by atoms with Crippen LogP contribution in [0, 0.1) is 6.92 Å². The number of aryl methyl sites for hydroxylation is 1. The highest BCUT2D eigenvalue weighted by atomic mass is 19.4. The third-order valence-electron chi connectivity index (χ3n) is 3.46. The number of aromatic amines is 1. The fourth-order valence-corrected chi connectivity index (χ4v) is 2.39. The number of para-hydroxylation sites is 1. The first-order valence-electron chi connectivity index (χ1n) is 6.86. The second-order valence-electron chi connectivity index (χ2n) is 5.00. The summed E-state index contributed by atoms with van der Waals surface area (Å²) in [6.45, 7) is 1.87. The van der Waals surface area contributed by atoms with E-state index in [2.05, 4.69) is 25.6 Å². The molecule has 23 heavy (non-hydrogen) atoms. The lowest BCUT2D eigenvalue weighted by molar-refractivity contribution is -0.137. The summed E-state index contributed by atoms with van der Waals surface area (Å²) in [6, 6.07) is 7.60. The van der Waals surface area contributed by atoms with E-state index in [4.69, 9.17) is 0 Å². The van der Waals surface area contributed by atoms with E-state index in [1.54, 1.807) is 0 Å². The number of rotatable bonds is 3. The van der Waals surface area contributed by atoms with Crippen molar-refractivity contribution in [2.45, 2.75) is 13.1 Å². The molecule has 5 nitrogen and oxygen atoms in total. The van der Waals surface area contributed by atoms with Gasteiger partial charge < -0.3 is 15.6 Å². The molecule has 0 spiro atoms. The van der Waals surface area contributed by atoms with E-state index >= 15 is 0 Å². The van der Waals surface area contributed by atoms with E-state index < -0.39 is 11.7 Å². The SMILES string of the molecule is CNc1nc(Nc2c(C)[nH]c3ccccc23)ncc1C(F)(F)F. The zero-order chi connectivity index (χ0) is 16.6. The van der Waals surface area contributed by atoms with Gasteiger partial charge in [0.2, 0.25) is 5.95 Å². The normalized spacial score (nSPS) is 11.7. The molecule has 0 atom stereocenters. The second-order valence-corrected chi connectivity index (χ2v) is 5.00. The lowest BCUT2D eigenvalue weighted by Crippen LogP contribution is -2.12. The fourth-order valence-electron chi connectivity index (χ4n) is 2.39. The molecule has 2 heterocycles. The van der Waals surface area contributed by atoms with Gasteiger partial charge in [0.25, 0.3) is 0 Å². The Balaban J connectivity index is 2.01. The van der Waals surface area contributed by atoms with E-state index in [9.17, 15) is 13.2 Å². The summed E-state index contributed by atoms with van der Waals surface area (Å²) in [7, 11) is 1.39. The first-order chi connectivity index (χ1) is 10.9. The van der Waals surface area contributed by atoms with Crippen molar-refractivity contribution in [1.82, 2.24) is 15.0 Å². The van der Waals surface area contributed by atoms with E-state index in [0.29, 0.717) is 0 Å². The summed E-state index contributed by atoms with van der Waals surface area (Å²) < 4.78 is 38.6. The Morgan fingerprint density at radius 1 is 1.17 bits per heavy atom. The van der Waals surface area contributed by atoms with Gasteiger partial charge in [-0.2, -0.15) is 18.2 Å². The molecule has 0 aliphatic carbocycles. The number of nitrogens with one attached hydrogen (secondary N) is 3. The second kappa shape index (κ2) is 5.45. The van der Waals surface area contributed by atoms with Crippen molar-refractivity contribution in [3.05, 3.63) is 41.7 Å². The first-order valence-corrected chi connectivity index (χ1v) is 6.86. The quantitative estimate of drug-likeness (QED) is 0.680. The van der Waals surface area contributed by atoms with Crippen LogP contribution >= 0.6 is 0 Å². The lowest BCUT2D eigenvalue weighted by Gasteiger charge is -2.13. The summed E-state index contributed by atoms with van der Waals surface area (Å²) in [5.74, 6) is -0.178. The molecule has 3 rings (SSSR count). The molecule has 8 heteroatoms. The number of halogens is 3. The van der Waals surface area contributed by atoms with Gasteiger partial charge >= 0.3 is 6.18 Å². The van der Waals surface area contributed by atoms with Gasteiger partial charge in [-0.3, -0.25) is 0 Å².